The van der Waals surface area contributed by atoms with Crippen LogP contribution in [0.2, 0.25) is 0 Å². The maximum absolute atomic E-state index is 13.8. The molecule has 1 amide bonds. The first kappa shape index (κ1) is 25.9. The summed E-state index contributed by atoms with van der Waals surface area (Å²) >= 11 is 1.13. The zero-order valence-corrected chi connectivity index (χ0v) is 22.3. The second-order valence-electron chi connectivity index (χ2n) is 8.39. The van der Waals surface area contributed by atoms with Crippen molar-refractivity contribution in [2.24, 2.45) is 0 Å². The summed E-state index contributed by atoms with van der Waals surface area (Å²) in [5.74, 6) is -0.183. The number of hydrogen-bond acceptors (Lipinski definition) is 8. The molecule has 5 aromatic rings. The summed E-state index contributed by atoms with van der Waals surface area (Å²) < 4.78 is 17.4. The summed E-state index contributed by atoms with van der Waals surface area (Å²) in [4.78, 5) is 40.4. The van der Waals surface area contributed by atoms with Crippen LogP contribution in [0.4, 0.5) is 5.00 Å². The van der Waals surface area contributed by atoms with E-state index in [9.17, 15) is 14.4 Å². The lowest BCUT2D eigenvalue weighted by Gasteiger charge is -2.14. The quantitative estimate of drug-likeness (QED) is 0.260. The number of hydrogen-bond donors (Lipinski definition) is 1. The lowest BCUT2D eigenvalue weighted by molar-refractivity contribution is 0.0520. The van der Waals surface area contributed by atoms with Gasteiger partial charge in [-0.15, -0.1) is 11.3 Å². The molecule has 0 bridgehead atoms. The summed E-state index contributed by atoms with van der Waals surface area (Å²) in [6.07, 6.45) is 0. The molecule has 0 spiro atoms. The second kappa shape index (κ2) is 11.0. The highest BCUT2D eigenvalue weighted by Gasteiger charge is 2.25. The van der Waals surface area contributed by atoms with Gasteiger partial charge in [-0.05, 0) is 42.8 Å². The third kappa shape index (κ3) is 4.82. The maximum Gasteiger partial charge on any atom is 0.359 e. The van der Waals surface area contributed by atoms with Gasteiger partial charge in [0.25, 0.3) is 11.5 Å². The van der Waals surface area contributed by atoms with Gasteiger partial charge in [0.2, 0.25) is 0 Å². The van der Waals surface area contributed by atoms with E-state index in [1.54, 1.807) is 42.6 Å². The number of amides is 1. The fourth-order valence-corrected chi connectivity index (χ4v) is 5.27. The van der Waals surface area contributed by atoms with Gasteiger partial charge in [0.05, 0.1) is 37.0 Å². The van der Waals surface area contributed by atoms with Gasteiger partial charge in [-0.2, -0.15) is 9.78 Å². The van der Waals surface area contributed by atoms with Gasteiger partial charge < -0.3 is 19.5 Å². The molecule has 0 fully saturated rings. The molecule has 9 nitrogen and oxygen atoms in total. The van der Waals surface area contributed by atoms with Crippen LogP contribution in [0.1, 0.15) is 34.7 Å². The first-order valence-electron chi connectivity index (χ1n) is 12.3. The third-order valence-corrected chi connectivity index (χ3v) is 6.96. The van der Waals surface area contributed by atoms with Crippen molar-refractivity contribution >= 4 is 49.8 Å². The van der Waals surface area contributed by atoms with E-state index in [4.69, 9.17) is 14.2 Å². The number of nitrogens with one attached hydrogen (secondary N) is 1. The zero-order valence-electron chi connectivity index (χ0n) is 21.5. The molecular formula is C29H25N3O6S. The number of esters is 1. The topological polar surface area (TPSA) is 109 Å². The highest BCUT2D eigenvalue weighted by atomic mass is 32.1. The number of carbonyl (C=O) groups is 2. The van der Waals surface area contributed by atoms with Gasteiger partial charge in [-0.3, -0.25) is 9.59 Å². The molecular weight excluding hydrogens is 518 g/mol. The molecule has 0 aliphatic rings. The van der Waals surface area contributed by atoms with Crippen LogP contribution in [0.25, 0.3) is 27.2 Å². The molecule has 2 heterocycles. The van der Waals surface area contributed by atoms with Gasteiger partial charge in [0, 0.05) is 16.8 Å². The van der Waals surface area contributed by atoms with Crippen molar-refractivity contribution in [3.63, 3.8) is 0 Å². The van der Waals surface area contributed by atoms with E-state index in [2.05, 4.69) is 10.4 Å². The number of rotatable bonds is 8. The zero-order chi connectivity index (χ0) is 27.5. The monoisotopic (exact) mass is 543 g/mol. The predicted octanol–water partition coefficient (Wildman–Crippen LogP) is 5.44. The molecule has 10 heteroatoms. The number of methoxy groups -OCH3 is 1. The van der Waals surface area contributed by atoms with E-state index in [-0.39, 0.29) is 22.7 Å². The summed E-state index contributed by atoms with van der Waals surface area (Å²) in [6, 6.07) is 17.9. The van der Waals surface area contributed by atoms with Crippen LogP contribution in [0.5, 0.6) is 11.5 Å². The van der Waals surface area contributed by atoms with Crippen LogP contribution < -0.4 is 20.3 Å². The molecule has 0 atom stereocenters. The fourth-order valence-electron chi connectivity index (χ4n) is 4.34. The largest absolute Gasteiger partial charge is 0.497 e. The Labute approximate surface area is 227 Å². The van der Waals surface area contributed by atoms with Crippen LogP contribution in [-0.4, -0.2) is 42.0 Å². The highest BCUT2D eigenvalue weighted by molar-refractivity contribution is 7.16. The molecule has 0 unspecified atom stereocenters. The van der Waals surface area contributed by atoms with Crippen molar-refractivity contribution in [1.82, 2.24) is 9.78 Å². The van der Waals surface area contributed by atoms with Gasteiger partial charge >= 0.3 is 5.97 Å². The molecule has 0 radical (unpaired) electrons. The SMILES string of the molecule is CCOC(=O)c1nn(-c2cccc(OC)c2)c(=O)c2c(NC(=O)c3c(OCC)ccc4ccccc34)scc12. The van der Waals surface area contributed by atoms with Crippen molar-refractivity contribution in [2.75, 3.05) is 25.6 Å². The summed E-state index contributed by atoms with van der Waals surface area (Å²) in [5.41, 5.74) is 0.198. The lowest BCUT2D eigenvalue weighted by Crippen LogP contribution is -2.25. The first-order chi connectivity index (χ1) is 19.0. The average molecular weight is 544 g/mol. The van der Waals surface area contributed by atoms with Crippen LogP contribution in [0, 0.1) is 0 Å². The molecule has 0 aliphatic carbocycles. The normalized spacial score (nSPS) is 10.9. The Balaban J connectivity index is 1.68. The van der Waals surface area contributed by atoms with Crippen LogP contribution in [0.3, 0.4) is 0 Å². The van der Waals surface area contributed by atoms with Gasteiger partial charge in [0.1, 0.15) is 16.5 Å². The Morgan fingerprint density at radius 3 is 2.59 bits per heavy atom. The van der Waals surface area contributed by atoms with E-state index in [0.717, 1.165) is 21.4 Å². The predicted molar refractivity (Wildman–Crippen MR) is 151 cm³/mol. The van der Waals surface area contributed by atoms with E-state index in [1.165, 1.54) is 7.11 Å². The highest BCUT2D eigenvalue weighted by Crippen LogP contribution is 2.34. The second-order valence-corrected chi connectivity index (χ2v) is 9.27. The maximum atomic E-state index is 13.8. The van der Waals surface area contributed by atoms with Crippen LogP contribution in [-0.2, 0) is 4.74 Å². The fraction of sp³-hybridized carbons (Fsp3) is 0.172. The van der Waals surface area contributed by atoms with Crippen molar-refractivity contribution in [2.45, 2.75) is 13.8 Å². The van der Waals surface area contributed by atoms with E-state index in [1.807, 2.05) is 37.3 Å². The van der Waals surface area contributed by atoms with Crippen molar-refractivity contribution < 1.29 is 23.8 Å². The summed E-state index contributed by atoms with van der Waals surface area (Å²) in [7, 11) is 1.51. The van der Waals surface area contributed by atoms with Crippen molar-refractivity contribution in [3.05, 3.63) is 87.7 Å². The molecule has 5 rings (SSSR count). The minimum Gasteiger partial charge on any atom is -0.497 e. The Bertz CT molecular complexity index is 1770. The number of fused-ring (bicyclic) bond motifs is 2. The summed E-state index contributed by atoms with van der Waals surface area (Å²) in [5, 5.41) is 11.2. The van der Waals surface area contributed by atoms with Gasteiger partial charge in [0.15, 0.2) is 5.69 Å². The Hall–Kier alpha value is -4.70. The number of thiophene rings is 1. The molecule has 3 aromatic carbocycles. The number of benzene rings is 3. The molecule has 198 valence electrons. The minimum atomic E-state index is -0.678. The van der Waals surface area contributed by atoms with Crippen molar-refractivity contribution in [1.29, 1.82) is 0 Å². The van der Waals surface area contributed by atoms with Gasteiger partial charge in [-0.25, -0.2) is 4.79 Å². The standard InChI is InChI=1S/C29H25N3O6S/c1-4-37-22-14-13-17-9-6-7-12-20(17)23(22)26(33)30-27-24-21(16-39-27)25(29(35)38-5-2)31-32(28(24)34)18-10-8-11-19(15-18)36-3/h6-16H,4-5H2,1-3H3,(H,30,33). The number of nitrogens with zero attached hydrogens (tertiary/aromatic N) is 2. The van der Waals surface area contributed by atoms with E-state index in [0.29, 0.717) is 40.1 Å². The van der Waals surface area contributed by atoms with E-state index >= 15 is 0 Å². The third-order valence-electron chi connectivity index (χ3n) is 6.06. The number of anilines is 1. The lowest BCUT2D eigenvalue weighted by atomic mass is 10.0. The Morgan fingerprint density at radius 1 is 1.00 bits per heavy atom. The smallest absolute Gasteiger partial charge is 0.359 e. The Kier molecular flexibility index (Phi) is 7.29. The molecule has 1 N–H and O–H groups in total. The molecule has 2 aromatic heterocycles. The molecule has 0 aliphatic heterocycles. The number of carbonyl (C=O) groups excluding carboxylic acids is 2. The minimum absolute atomic E-state index is 0.0359. The Morgan fingerprint density at radius 2 is 1.82 bits per heavy atom. The molecule has 0 saturated heterocycles. The van der Waals surface area contributed by atoms with Crippen LogP contribution >= 0.6 is 11.3 Å². The molecule has 0 saturated carbocycles. The van der Waals surface area contributed by atoms with Gasteiger partial charge in [-0.1, -0.05) is 36.4 Å². The van der Waals surface area contributed by atoms with Crippen LogP contribution in [0.15, 0.2) is 70.8 Å². The van der Waals surface area contributed by atoms with E-state index < -0.39 is 17.4 Å². The number of aromatic nitrogens is 2. The molecule has 39 heavy (non-hydrogen) atoms. The summed E-state index contributed by atoms with van der Waals surface area (Å²) in [6.45, 7) is 4.04. The first-order valence-corrected chi connectivity index (χ1v) is 13.2. The van der Waals surface area contributed by atoms with Crippen molar-refractivity contribution in [3.8, 4) is 17.2 Å². The number of ether oxygens (including phenoxy) is 3. The average Bonchev–Trinajstić information content (AvgIpc) is 3.37.